The molecule has 158 valence electrons. The zero-order valence-corrected chi connectivity index (χ0v) is 18.6. The van der Waals surface area contributed by atoms with Crippen molar-refractivity contribution in [1.82, 2.24) is 5.32 Å². The van der Waals surface area contributed by atoms with E-state index in [9.17, 15) is 9.59 Å². The third kappa shape index (κ3) is 4.87. The average molecular weight is 472 g/mol. The Bertz CT molecular complexity index is 1200. The van der Waals surface area contributed by atoms with Crippen LogP contribution in [0.4, 0.5) is 5.00 Å². The number of nitrogens with two attached hydrogens (primary N) is 1. The number of anilines is 1. The Hall–Kier alpha value is -2.94. The van der Waals surface area contributed by atoms with Gasteiger partial charge in [-0.25, -0.2) is 0 Å². The SMILES string of the molecule is NC(=O)c1c(NC(=S)NC(=O)/C=C/c2ccc(-c3ccc(Cl)cc3)o2)sc2c1CCC2. The maximum Gasteiger partial charge on any atom is 0.251 e. The molecule has 0 saturated heterocycles. The number of carbonyl (C=O) groups is 2. The van der Waals surface area contributed by atoms with E-state index in [1.807, 2.05) is 18.2 Å². The van der Waals surface area contributed by atoms with Gasteiger partial charge in [0.15, 0.2) is 5.11 Å². The van der Waals surface area contributed by atoms with Crippen molar-refractivity contribution in [3.05, 3.63) is 69.3 Å². The van der Waals surface area contributed by atoms with E-state index in [0.29, 0.717) is 27.1 Å². The number of thiocarbonyl (C=S) groups is 1. The van der Waals surface area contributed by atoms with E-state index in [1.165, 1.54) is 17.4 Å². The van der Waals surface area contributed by atoms with Crippen molar-refractivity contribution in [3.63, 3.8) is 0 Å². The molecule has 0 atom stereocenters. The molecular weight excluding hydrogens is 454 g/mol. The van der Waals surface area contributed by atoms with Gasteiger partial charge in [0.25, 0.3) is 5.91 Å². The lowest BCUT2D eigenvalue weighted by Gasteiger charge is -2.08. The molecule has 2 aromatic heterocycles. The normalized spacial score (nSPS) is 12.7. The minimum Gasteiger partial charge on any atom is -0.457 e. The molecule has 0 fully saturated rings. The van der Waals surface area contributed by atoms with Gasteiger partial charge in [0.05, 0.1) is 5.56 Å². The number of rotatable bonds is 5. The molecule has 1 aromatic carbocycles. The van der Waals surface area contributed by atoms with Gasteiger partial charge in [-0.05, 0) is 79.5 Å². The third-order valence-corrected chi connectivity index (χ3v) is 6.45. The van der Waals surface area contributed by atoms with Gasteiger partial charge in [-0.3, -0.25) is 14.9 Å². The van der Waals surface area contributed by atoms with E-state index in [1.54, 1.807) is 24.3 Å². The predicted octanol–water partition coefficient (Wildman–Crippen LogP) is 4.78. The Morgan fingerprint density at radius 2 is 1.94 bits per heavy atom. The number of amides is 2. The lowest BCUT2D eigenvalue weighted by Crippen LogP contribution is -2.33. The van der Waals surface area contributed by atoms with Gasteiger partial charge in [0, 0.05) is 21.5 Å². The number of nitrogens with one attached hydrogen (secondary N) is 2. The van der Waals surface area contributed by atoms with E-state index in [-0.39, 0.29) is 5.11 Å². The monoisotopic (exact) mass is 471 g/mol. The molecule has 0 saturated carbocycles. The Balaban J connectivity index is 1.37. The van der Waals surface area contributed by atoms with Crippen LogP contribution in [0, 0.1) is 0 Å². The van der Waals surface area contributed by atoms with E-state index in [2.05, 4.69) is 10.6 Å². The number of aryl methyl sites for hydroxylation is 1. The first-order chi connectivity index (χ1) is 14.9. The highest BCUT2D eigenvalue weighted by atomic mass is 35.5. The number of fused-ring (bicyclic) bond motifs is 1. The van der Waals surface area contributed by atoms with E-state index in [4.69, 9.17) is 34.0 Å². The number of furan rings is 1. The molecule has 4 rings (SSSR count). The molecule has 3 aromatic rings. The summed E-state index contributed by atoms with van der Waals surface area (Å²) in [5.41, 5.74) is 7.88. The fourth-order valence-corrected chi connectivity index (χ4v) is 5.10. The van der Waals surface area contributed by atoms with Gasteiger partial charge in [0.2, 0.25) is 5.91 Å². The maximum absolute atomic E-state index is 12.2. The molecule has 0 radical (unpaired) electrons. The molecule has 1 aliphatic carbocycles. The van der Waals surface area contributed by atoms with Gasteiger partial charge in [-0.1, -0.05) is 11.6 Å². The number of benzene rings is 1. The van der Waals surface area contributed by atoms with Crippen molar-refractivity contribution < 1.29 is 14.0 Å². The molecule has 31 heavy (non-hydrogen) atoms. The van der Waals surface area contributed by atoms with Crippen LogP contribution in [0.15, 0.2) is 46.9 Å². The summed E-state index contributed by atoms with van der Waals surface area (Å²) in [4.78, 5) is 25.2. The van der Waals surface area contributed by atoms with Gasteiger partial charge in [-0.15, -0.1) is 11.3 Å². The van der Waals surface area contributed by atoms with Gasteiger partial charge in [0.1, 0.15) is 16.5 Å². The Kier molecular flexibility index (Phi) is 6.22. The maximum atomic E-state index is 12.2. The average Bonchev–Trinajstić information content (AvgIpc) is 3.42. The van der Waals surface area contributed by atoms with Crippen LogP contribution in [0.25, 0.3) is 17.4 Å². The van der Waals surface area contributed by atoms with Crippen LogP contribution in [0.1, 0.15) is 33.0 Å². The van der Waals surface area contributed by atoms with Gasteiger partial charge in [-0.2, -0.15) is 0 Å². The highest BCUT2D eigenvalue weighted by Crippen LogP contribution is 2.38. The molecular formula is C22H18ClN3O3S2. The lowest BCUT2D eigenvalue weighted by molar-refractivity contribution is -0.115. The fourth-order valence-electron chi connectivity index (χ4n) is 3.41. The molecule has 2 amide bonds. The molecule has 0 bridgehead atoms. The fraction of sp³-hybridized carbons (Fsp3) is 0.136. The number of hydrogen-bond donors (Lipinski definition) is 3. The van der Waals surface area contributed by atoms with Crippen molar-refractivity contribution in [2.45, 2.75) is 19.3 Å². The lowest BCUT2D eigenvalue weighted by atomic mass is 10.1. The summed E-state index contributed by atoms with van der Waals surface area (Å²) in [6.45, 7) is 0. The summed E-state index contributed by atoms with van der Waals surface area (Å²) >= 11 is 12.6. The summed E-state index contributed by atoms with van der Waals surface area (Å²) in [5, 5.41) is 6.81. The number of carbonyl (C=O) groups excluding carboxylic acids is 2. The topological polar surface area (TPSA) is 97.4 Å². The highest BCUT2D eigenvalue weighted by molar-refractivity contribution is 7.80. The molecule has 2 heterocycles. The van der Waals surface area contributed by atoms with Gasteiger partial charge < -0.3 is 15.5 Å². The zero-order chi connectivity index (χ0) is 22.0. The van der Waals surface area contributed by atoms with Crippen molar-refractivity contribution in [2.75, 3.05) is 5.32 Å². The standard InChI is InChI=1S/C22H18ClN3O3S2/c23-13-6-4-12(5-7-13)16-10-8-14(29-16)9-11-18(27)25-22(30)26-21-19(20(24)28)15-2-1-3-17(15)31-21/h4-11H,1-3H2,(H2,24,28)(H2,25,26,27,30)/b11-9+. The number of primary amides is 1. The molecule has 4 N–H and O–H groups in total. The highest BCUT2D eigenvalue weighted by Gasteiger charge is 2.25. The quantitative estimate of drug-likeness (QED) is 0.367. The third-order valence-electron chi connectivity index (χ3n) is 4.79. The first kappa shape index (κ1) is 21.3. The first-order valence-corrected chi connectivity index (χ1v) is 11.1. The Morgan fingerprint density at radius 1 is 1.16 bits per heavy atom. The Morgan fingerprint density at radius 3 is 2.68 bits per heavy atom. The molecule has 1 aliphatic rings. The molecule has 6 nitrogen and oxygen atoms in total. The first-order valence-electron chi connectivity index (χ1n) is 9.51. The zero-order valence-electron chi connectivity index (χ0n) is 16.2. The molecule has 0 aliphatic heterocycles. The van der Waals surface area contributed by atoms with Gasteiger partial charge >= 0.3 is 0 Å². The smallest absolute Gasteiger partial charge is 0.251 e. The molecule has 0 unspecified atom stereocenters. The second kappa shape index (κ2) is 9.05. The van der Waals surface area contributed by atoms with Crippen molar-refractivity contribution in [1.29, 1.82) is 0 Å². The molecule has 0 spiro atoms. The second-order valence-corrected chi connectivity index (χ2v) is 8.86. The number of thiophene rings is 1. The van der Waals surface area contributed by atoms with Crippen LogP contribution in [0.2, 0.25) is 5.02 Å². The van der Waals surface area contributed by atoms with E-state index < -0.39 is 11.8 Å². The second-order valence-electron chi connectivity index (χ2n) is 6.91. The van der Waals surface area contributed by atoms with Crippen molar-refractivity contribution >= 4 is 63.2 Å². The van der Waals surface area contributed by atoms with Crippen LogP contribution < -0.4 is 16.4 Å². The summed E-state index contributed by atoms with van der Waals surface area (Å²) in [6, 6.07) is 10.8. The summed E-state index contributed by atoms with van der Waals surface area (Å²) in [6.07, 6.45) is 5.63. The number of halogens is 1. The van der Waals surface area contributed by atoms with Crippen LogP contribution >= 0.6 is 35.2 Å². The van der Waals surface area contributed by atoms with Crippen LogP contribution in [0.3, 0.4) is 0 Å². The minimum absolute atomic E-state index is 0.0957. The van der Waals surface area contributed by atoms with E-state index >= 15 is 0 Å². The number of hydrogen-bond acceptors (Lipinski definition) is 5. The summed E-state index contributed by atoms with van der Waals surface area (Å²) in [5.74, 6) is 0.264. The van der Waals surface area contributed by atoms with Crippen molar-refractivity contribution in [2.24, 2.45) is 5.73 Å². The van der Waals surface area contributed by atoms with Crippen LogP contribution in [-0.2, 0) is 17.6 Å². The predicted molar refractivity (Wildman–Crippen MR) is 127 cm³/mol. The summed E-state index contributed by atoms with van der Waals surface area (Å²) < 4.78 is 5.73. The largest absolute Gasteiger partial charge is 0.457 e. The van der Waals surface area contributed by atoms with Crippen molar-refractivity contribution in [3.8, 4) is 11.3 Å². The minimum atomic E-state index is -0.495. The molecule has 9 heteroatoms. The van der Waals surface area contributed by atoms with Crippen LogP contribution in [-0.4, -0.2) is 16.9 Å². The summed E-state index contributed by atoms with van der Waals surface area (Å²) in [7, 11) is 0. The van der Waals surface area contributed by atoms with E-state index in [0.717, 1.165) is 35.3 Å². The Labute approximate surface area is 193 Å². The van der Waals surface area contributed by atoms with Crippen LogP contribution in [0.5, 0.6) is 0 Å².